The molecule has 0 fully saturated rings. The van der Waals surface area contributed by atoms with E-state index in [1.165, 1.54) is 18.3 Å². The zero-order valence-corrected chi connectivity index (χ0v) is 15.3. The highest BCUT2D eigenvalue weighted by atomic mass is 19.1. The summed E-state index contributed by atoms with van der Waals surface area (Å²) in [7, 11) is 0. The number of hydrogen-bond acceptors (Lipinski definition) is 5. The molecule has 2 rings (SSSR count). The highest BCUT2D eigenvalue weighted by molar-refractivity contribution is 5.94. The molecular formula is C18H21FN4O4. The number of nitrogens with one attached hydrogen (secondary N) is 1. The number of amides is 1. The molecule has 1 amide bonds. The number of carbonyl (C=O) groups excluding carboxylic acids is 1. The number of hydrogen-bond donors (Lipinski definition) is 2. The maximum atomic E-state index is 13.9. The third-order valence-corrected chi connectivity index (χ3v) is 3.74. The van der Waals surface area contributed by atoms with Gasteiger partial charge >= 0.3 is 11.2 Å². The summed E-state index contributed by atoms with van der Waals surface area (Å²) in [6, 6.07) is 4.77. The number of nitrogens with two attached hydrogens (primary N) is 1. The van der Waals surface area contributed by atoms with Crippen LogP contribution in [0, 0.1) is 21.3 Å². The van der Waals surface area contributed by atoms with Gasteiger partial charge in [0.1, 0.15) is 12.4 Å². The Labute approximate surface area is 155 Å². The van der Waals surface area contributed by atoms with Crippen LogP contribution in [0.1, 0.15) is 26.3 Å². The second-order valence-electron chi connectivity index (χ2n) is 7.40. The first-order valence-corrected chi connectivity index (χ1v) is 8.19. The first kappa shape index (κ1) is 20.1. The molecule has 1 heterocycles. The van der Waals surface area contributed by atoms with E-state index in [9.17, 15) is 24.1 Å². The minimum Gasteiger partial charge on any atom is -0.397 e. The Morgan fingerprint density at radius 1 is 1.37 bits per heavy atom. The van der Waals surface area contributed by atoms with Crippen molar-refractivity contribution in [2.24, 2.45) is 5.41 Å². The molecule has 8 nitrogen and oxygen atoms in total. The minimum atomic E-state index is -0.904. The van der Waals surface area contributed by atoms with E-state index in [1.54, 1.807) is 0 Å². The molecule has 0 unspecified atom stereocenters. The van der Waals surface area contributed by atoms with E-state index in [4.69, 9.17) is 5.73 Å². The lowest BCUT2D eigenvalue weighted by molar-refractivity contribution is -0.386. The van der Waals surface area contributed by atoms with Gasteiger partial charge in [0, 0.05) is 12.3 Å². The van der Waals surface area contributed by atoms with Gasteiger partial charge in [-0.1, -0.05) is 20.8 Å². The van der Waals surface area contributed by atoms with E-state index >= 15 is 0 Å². The van der Waals surface area contributed by atoms with Crippen molar-refractivity contribution >= 4 is 23.0 Å². The molecule has 2 aromatic rings. The van der Waals surface area contributed by atoms with Crippen molar-refractivity contribution in [1.29, 1.82) is 0 Å². The van der Waals surface area contributed by atoms with Gasteiger partial charge in [-0.3, -0.25) is 19.7 Å². The van der Waals surface area contributed by atoms with E-state index in [0.717, 1.165) is 16.7 Å². The molecule has 0 aliphatic rings. The van der Waals surface area contributed by atoms with Crippen LogP contribution in [-0.2, 0) is 17.8 Å². The van der Waals surface area contributed by atoms with Crippen LogP contribution in [0.5, 0.6) is 0 Å². The van der Waals surface area contributed by atoms with E-state index < -0.39 is 34.4 Å². The summed E-state index contributed by atoms with van der Waals surface area (Å²) in [5.41, 5.74) is 5.27. The molecule has 27 heavy (non-hydrogen) atoms. The monoisotopic (exact) mass is 376 g/mol. The van der Waals surface area contributed by atoms with Crippen LogP contribution >= 0.6 is 0 Å². The maximum absolute atomic E-state index is 13.9. The molecule has 0 bridgehead atoms. The summed E-state index contributed by atoms with van der Waals surface area (Å²) in [5.74, 6) is -1.21. The van der Waals surface area contributed by atoms with Crippen LogP contribution in [0.2, 0.25) is 0 Å². The number of halogens is 1. The molecule has 0 atom stereocenters. The summed E-state index contributed by atoms with van der Waals surface area (Å²) >= 11 is 0. The average molecular weight is 376 g/mol. The minimum absolute atomic E-state index is 0.0951. The van der Waals surface area contributed by atoms with Gasteiger partial charge in [0.05, 0.1) is 16.3 Å². The molecule has 3 N–H and O–H groups in total. The van der Waals surface area contributed by atoms with Crippen molar-refractivity contribution in [1.82, 2.24) is 4.57 Å². The predicted molar refractivity (Wildman–Crippen MR) is 100.0 cm³/mol. The lowest BCUT2D eigenvalue weighted by Crippen LogP contribution is -2.28. The molecule has 1 aromatic carbocycles. The fourth-order valence-electron chi connectivity index (χ4n) is 2.63. The van der Waals surface area contributed by atoms with Crippen LogP contribution in [0.15, 0.2) is 35.3 Å². The molecule has 0 saturated heterocycles. The third kappa shape index (κ3) is 5.13. The van der Waals surface area contributed by atoms with Crippen molar-refractivity contribution in [3.63, 3.8) is 0 Å². The molecule has 144 valence electrons. The summed E-state index contributed by atoms with van der Waals surface area (Å²) in [4.78, 5) is 34.2. The number of pyridine rings is 1. The number of anilines is 2. The Morgan fingerprint density at radius 2 is 2.04 bits per heavy atom. The molecule has 0 spiro atoms. The average Bonchev–Trinajstić information content (AvgIpc) is 2.52. The molecule has 9 heteroatoms. The van der Waals surface area contributed by atoms with Gasteiger partial charge in [0.25, 0.3) is 0 Å². The summed E-state index contributed by atoms with van der Waals surface area (Å²) in [6.45, 7) is 5.46. The number of nitrogen functional groups attached to an aromatic ring is 1. The van der Waals surface area contributed by atoms with Crippen LogP contribution in [0.25, 0.3) is 0 Å². The predicted octanol–water partition coefficient (Wildman–Crippen LogP) is 2.71. The van der Waals surface area contributed by atoms with Crippen LogP contribution in [0.3, 0.4) is 0 Å². The Morgan fingerprint density at radius 3 is 2.63 bits per heavy atom. The fourth-order valence-corrected chi connectivity index (χ4v) is 2.63. The van der Waals surface area contributed by atoms with E-state index in [1.807, 2.05) is 20.8 Å². The molecule has 0 saturated carbocycles. The third-order valence-electron chi connectivity index (χ3n) is 3.74. The van der Waals surface area contributed by atoms with E-state index in [-0.39, 0.29) is 16.8 Å². The van der Waals surface area contributed by atoms with E-state index in [2.05, 4.69) is 5.32 Å². The Bertz CT molecular complexity index is 947. The van der Waals surface area contributed by atoms with Gasteiger partial charge in [-0.25, -0.2) is 4.39 Å². The topological polar surface area (TPSA) is 120 Å². The summed E-state index contributed by atoms with van der Waals surface area (Å²) in [5, 5.41) is 13.3. The Hall–Kier alpha value is -3.23. The van der Waals surface area contributed by atoms with Crippen LogP contribution < -0.4 is 16.6 Å². The molecule has 0 aliphatic heterocycles. The number of nitro groups is 1. The lowest BCUT2D eigenvalue weighted by Gasteiger charge is -2.21. The Kier molecular flexibility index (Phi) is 5.63. The number of aromatic nitrogens is 1. The van der Waals surface area contributed by atoms with Gasteiger partial charge in [0.15, 0.2) is 0 Å². The zero-order valence-electron chi connectivity index (χ0n) is 15.3. The van der Waals surface area contributed by atoms with Crippen LogP contribution in [-0.4, -0.2) is 15.4 Å². The van der Waals surface area contributed by atoms with Crippen molar-refractivity contribution in [2.45, 2.75) is 33.7 Å². The molecular weight excluding hydrogens is 355 g/mol. The summed E-state index contributed by atoms with van der Waals surface area (Å²) in [6.07, 6.45) is 1.76. The van der Waals surface area contributed by atoms with Gasteiger partial charge in [-0.05, 0) is 35.6 Å². The van der Waals surface area contributed by atoms with Gasteiger partial charge in [-0.2, -0.15) is 0 Å². The summed E-state index contributed by atoms with van der Waals surface area (Å²) < 4.78 is 14.8. The highest BCUT2D eigenvalue weighted by Crippen LogP contribution is 2.30. The normalized spacial score (nSPS) is 11.3. The van der Waals surface area contributed by atoms with Crippen molar-refractivity contribution in [3.05, 3.63) is 62.3 Å². The number of carbonyl (C=O) groups is 1. The second kappa shape index (κ2) is 7.56. The molecule has 0 radical (unpaired) electrons. The maximum Gasteiger partial charge on any atom is 0.334 e. The first-order valence-electron chi connectivity index (χ1n) is 8.19. The largest absolute Gasteiger partial charge is 0.397 e. The van der Waals surface area contributed by atoms with Gasteiger partial charge < -0.3 is 15.6 Å². The quantitative estimate of drug-likeness (QED) is 0.472. The van der Waals surface area contributed by atoms with Gasteiger partial charge in [-0.15, -0.1) is 0 Å². The van der Waals surface area contributed by atoms with Gasteiger partial charge in [0.2, 0.25) is 5.91 Å². The standard InChI is InChI=1S/C18H21FN4O4/c1-18(2,3)9-11-7-12(19)8-13(16(11)20)21-15(24)10-22-6-4-5-14(17(22)25)23(26)27/h4-8H,9-10,20H2,1-3H3,(H,21,24). The number of nitrogens with zero attached hydrogens (tertiary/aromatic N) is 2. The first-order chi connectivity index (χ1) is 12.5. The van der Waals surface area contributed by atoms with Crippen LogP contribution in [0.4, 0.5) is 21.5 Å². The van der Waals surface area contributed by atoms with Crippen molar-refractivity contribution in [2.75, 3.05) is 11.1 Å². The molecule has 1 aromatic heterocycles. The SMILES string of the molecule is CC(C)(C)Cc1cc(F)cc(NC(=O)Cn2cccc([N+](=O)[O-])c2=O)c1N. The smallest absolute Gasteiger partial charge is 0.334 e. The van der Waals surface area contributed by atoms with E-state index in [0.29, 0.717) is 12.0 Å². The Balaban J connectivity index is 2.25. The molecule has 0 aliphatic carbocycles. The second-order valence-corrected chi connectivity index (χ2v) is 7.40. The fraction of sp³-hybridized carbons (Fsp3) is 0.333. The van der Waals surface area contributed by atoms with Crippen molar-refractivity contribution < 1.29 is 14.1 Å². The lowest BCUT2D eigenvalue weighted by atomic mass is 9.87. The zero-order chi connectivity index (χ0) is 20.4. The highest BCUT2D eigenvalue weighted by Gasteiger charge is 2.19. The number of benzene rings is 1. The number of rotatable bonds is 5. The van der Waals surface area contributed by atoms with Crippen molar-refractivity contribution in [3.8, 4) is 0 Å².